The van der Waals surface area contributed by atoms with Gasteiger partial charge in [0.15, 0.2) is 0 Å². The maximum Gasteiger partial charge on any atom is 0.313 e. The minimum Gasteiger partial charge on any atom is -0.348 e. The average molecular weight is 478 g/mol. The van der Waals surface area contributed by atoms with Gasteiger partial charge in [-0.1, -0.05) is 37.1 Å². The fourth-order valence-corrected chi connectivity index (χ4v) is 5.61. The molecule has 2 aromatic carbocycles. The van der Waals surface area contributed by atoms with E-state index in [9.17, 15) is 18.0 Å². The van der Waals surface area contributed by atoms with Gasteiger partial charge in [0.1, 0.15) is 0 Å². The zero-order chi connectivity index (χ0) is 23.1. The summed E-state index contributed by atoms with van der Waals surface area (Å²) in [7, 11) is -3.66. The molecule has 1 atom stereocenters. The Morgan fingerprint density at radius 2 is 1.72 bits per heavy atom. The number of piperidine rings is 1. The molecule has 0 aliphatic carbocycles. The van der Waals surface area contributed by atoms with Gasteiger partial charge in [-0.3, -0.25) is 9.59 Å². The van der Waals surface area contributed by atoms with E-state index in [1.807, 2.05) is 19.1 Å². The highest BCUT2D eigenvalue weighted by Gasteiger charge is 2.33. The number of nitrogens with one attached hydrogen (secondary N) is 2. The molecule has 1 unspecified atom stereocenters. The number of anilines is 1. The van der Waals surface area contributed by atoms with Gasteiger partial charge in [0.05, 0.1) is 4.90 Å². The van der Waals surface area contributed by atoms with E-state index in [-0.39, 0.29) is 17.5 Å². The largest absolute Gasteiger partial charge is 0.348 e. The lowest BCUT2D eigenvalue weighted by Crippen LogP contribution is -2.45. The number of nitrogens with zero attached hydrogens (tertiary/aromatic N) is 1. The molecule has 172 valence electrons. The predicted octanol–water partition coefficient (Wildman–Crippen LogP) is 3.59. The lowest BCUT2D eigenvalue weighted by atomic mass is 10.0. The number of carbonyl (C=O) groups excluding carboxylic acids is 2. The van der Waals surface area contributed by atoms with Crippen molar-refractivity contribution in [3.63, 3.8) is 0 Å². The standard InChI is InChI=1S/C23H28ClN3O4S/c1-2-17-6-10-19(11-7-17)26-23(29)22(28)25-15-14-20-5-3-4-16-27(20)32(30,31)21-12-8-18(24)9-13-21/h6-13,20H,2-5,14-16H2,1H3,(H,25,28)(H,26,29). The molecule has 0 bridgehead atoms. The summed E-state index contributed by atoms with van der Waals surface area (Å²) in [4.78, 5) is 24.5. The van der Waals surface area contributed by atoms with E-state index in [0.717, 1.165) is 24.8 Å². The molecule has 0 aromatic heterocycles. The van der Waals surface area contributed by atoms with Gasteiger partial charge < -0.3 is 10.6 Å². The molecule has 0 radical (unpaired) electrons. The first-order valence-electron chi connectivity index (χ1n) is 10.8. The van der Waals surface area contributed by atoms with Crippen LogP contribution in [-0.4, -0.2) is 43.7 Å². The third-order valence-corrected chi connectivity index (χ3v) is 7.80. The lowest BCUT2D eigenvalue weighted by Gasteiger charge is -2.34. The molecule has 9 heteroatoms. The second kappa shape index (κ2) is 10.9. The number of rotatable bonds is 7. The van der Waals surface area contributed by atoms with Gasteiger partial charge in [-0.15, -0.1) is 0 Å². The van der Waals surface area contributed by atoms with Gasteiger partial charge >= 0.3 is 11.8 Å². The number of benzene rings is 2. The maximum atomic E-state index is 13.1. The summed E-state index contributed by atoms with van der Waals surface area (Å²) in [6.45, 7) is 2.67. The fourth-order valence-electron chi connectivity index (χ4n) is 3.77. The molecule has 1 aliphatic rings. The number of hydrogen-bond donors (Lipinski definition) is 2. The summed E-state index contributed by atoms with van der Waals surface area (Å²) < 4.78 is 27.7. The Hall–Kier alpha value is -2.42. The van der Waals surface area contributed by atoms with Crippen LogP contribution in [0.2, 0.25) is 5.02 Å². The van der Waals surface area contributed by atoms with Gasteiger partial charge in [-0.2, -0.15) is 4.31 Å². The van der Waals surface area contributed by atoms with Crippen LogP contribution in [0.1, 0.15) is 38.2 Å². The Bertz CT molecular complexity index is 1040. The molecule has 2 N–H and O–H groups in total. The highest BCUT2D eigenvalue weighted by molar-refractivity contribution is 7.89. The van der Waals surface area contributed by atoms with Crippen LogP contribution in [0, 0.1) is 0 Å². The van der Waals surface area contributed by atoms with Gasteiger partial charge in [0.2, 0.25) is 10.0 Å². The first-order chi connectivity index (χ1) is 15.3. The van der Waals surface area contributed by atoms with Crippen molar-refractivity contribution in [2.24, 2.45) is 0 Å². The average Bonchev–Trinajstić information content (AvgIpc) is 2.80. The van der Waals surface area contributed by atoms with E-state index in [4.69, 9.17) is 11.6 Å². The van der Waals surface area contributed by atoms with Crippen LogP contribution < -0.4 is 10.6 Å². The van der Waals surface area contributed by atoms with Crippen molar-refractivity contribution >= 4 is 39.1 Å². The Morgan fingerprint density at radius 3 is 2.38 bits per heavy atom. The van der Waals surface area contributed by atoms with Crippen molar-refractivity contribution in [3.05, 3.63) is 59.1 Å². The molecular weight excluding hydrogens is 450 g/mol. The normalized spacial score (nSPS) is 17.0. The SMILES string of the molecule is CCc1ccc(NC(=O)C(=O)NCCC2CCCCN2S(=O)(=O)c2ccc(Cl)cc2)cc1. The van der Waals surface area contributed by atoms with E-state index >= 15 is 0 Å². The number of aryl methyl sites for hydroxylation is 1. The van der Waals surface area contributed by atoms with Crippen molar-refractivity contribution < 1.29 is 18.0 Å². The molecule has 7 nitrogen and oxygen atoms in total. The molecule has 32 heavy (non-hydrogen) atoms. The van der Waals surface area contributed by atoms with Crippen molar-refractivity contribution in [1.82, 2.24) is 9.62 Å². The lowest BCUT2D eigenvalue weighted by molar-refractivity contribution is -0.136. The number of halogens is 1. The summed E-state index contributed by atoms with van der Waals surface area (Å²) in [5.41, 5.74) is 1.69. The highest BCUT2D eigenvalue weighted by atomic mass is 35.5. The third-order valence-electron chi connectivity index (χ3n) is 5.58. The molecule has 0 saturated carbocycles. The van der Waals surface area contributed by atoms with Gasteiger partial charge in [0.25, 0.3) is 0 Å². The first kappa shape index (κ1) is 24.2. The summed E-state index contributed by atoms with van der Waals surface area (Å²) >= 11 is 5.88. The minimum atomic E-state index is -3.66. The molecule has 3 rings (SSSR count). The van der Waals surface area contributed by atoms with Crippen LogP contribution in [0.5, 0.6) is 0 Å². The minimum absolute atomic E-state index is 0.200. The molecule has 0 spiro atoms. The van der Waals surface area contributed by atoms with Crippen LogP contribution in [0.25, 0.3) is 0 Å². The summed E-state index contributed by atoms with van der Waals surface area (Å²) in [6.07, 6.45) is 3.73. The van der Waals surface area contributed by atoms with Gasteiger partial charge in [-0.25, -0.2) is 8.42 Å². The maximum absolute atomic E-state index is 13.1. The smallest absolute Gasteiger partial charge is 0.313 e. The molecule has 2 aromatic rings. The van der Waals surface area contributed by atoms with E-state index in [0.29, 0.717) is 30.1 Å². The molecule has 1 fully saturated rings. The van der Waals surface area contributed by atoms with Crippen LogP contribution in [0.4, 0.5) is 5.69 Å². The summed E-state index contributed by atoms with van der Waals surface area (Å²) in [5, 5.41) is 5.65. The zero-order valence-electron chi connectivity index (χ0n) is 18.0. The Kier molecular flexibility index (Phi) is 8.28. The Balaban J connectivity index is 1.55. The number of sulfonamides is 1. The topological polar surface area (TPSA) is 95.6 Å². The van der Waals surface area contributed by atoms with E-state index < -0.39 is 21.8 Å². The van der Waals surface area contributed by atoms with Crippen molar-refractivity contribution in [2.75, 3.05) is 18.4 Å². The van der Waals surface area contributed by atoms with Crippen LogP contribution in [0.3, 0.4) is 0 Å². The van der Waals surface area contributed by atoms with Gasteiger partial charge in [0, 0.05) is 29.8 Å². The van der Waals surface area contributed by atoms with Crippen molar-refractivity contribution in [3.8, 4) is 0 Å². The second-order valence-corrected chi connectivity index (χ2v) is 10.1. The number of carbonyl (C=O) groups is 2. The monoisotopic (exact) mass is 477 g/mol. The van der Waals surface area contributed by atoms with Gasteiger partial charge in [-0.05, 0) is 67.6 Å². The van der Waals surface area contributed by atoms with Crippen molar-refractivity contribution in [2.45, 2.75) is 50.0 Å². The quantitative estimate of drug-likeness (QED) is 0.595. The molecule has 1 aliphatic heterocycles. The second-order valence-electron chi connectivity index (χ2n) is 7.77. The molecule has 2 amide bonds. The summed E-state index contributed by atoms with van der Waals surface area (Å²) in [6, 6.07) is 13.2. The van der Waals surface area contributed by atoms with Crippen LogP contribution in [0.15, 0.2) is 53.4 Å². The molecule has 1 saturated heterocycles. The van der Waals surface area contributed by atoms with Crippen LogP contribution in [-0.2, 0) is 26.0 Å². The van der Waals surface area contributed by atoms with Crippen molar-refractivity contribution in [1.29, 1.82) is 0 Å². The Labute approximate surface area is 194 Å². The zero-order valence-corrected chi connectivity index (χ0v) is 19.6. The first-order valence-corrected chi connectivity index (χ1v) is 12.6. The van der Waals surface area contributed by atoms with E-state index in [1.54, 1.807) is 24.3 Å². The van der Waals surface area contributed by atoms with Crippen LogP contribution >= 0.6 is 11.6 Å². The predicted molar refractivity (Wildman–Crippen MR) is 125 cm³/mol. The number of amides is 2. The highest BCUT2D eigenvalue weighted by Crippen LogP contribution is 2.27. The fraction of sp³-hybridized carbons (Fsp3) is 0.391. The van der Waals surface area contributed by atoms with E-state index in [1.165, 1.54) is 16.4 Å². The summed E-state index contributed by atoms with van der Waals surface area (Å²) in [5.74, 6) is -1.49. The third kappa shape index (κ3) is 6.09. The van der Waals surface area contributed by atoms with E-state index in [2.05, 4.69) is 10.6 Å². The Morgan fingerprint density at radius 1 is 1.03 bits per heavy atom. The molecule has 1 heterocycles. The number of hydrogen-bond acceptors (Lipinski definition) is 4. The molecular formula is C23H28ClN3O4S.